The van der Waals surface area contributed by atoms with Crippen molar-refractivity contribution >= 4 is 0 Å². The number of likely N-dealkylation sites (N-methyl/N-ethyl adjacent to an activating group) is 1. The molecule has 0 saturated carbocycles. The normalized spacial score (nSPS) is 11.1. The summed E-state index contributed by atoms with van der Waals surface area (Å²) in [7, 11) is 0. The van der Waals surface area contributed by atoms with Gasteiger partial charge in [0.05, 0.1) is 6.61 Å². The molecule has 3 nitrogen and oxygen atoms in total. The maximum Gasteiger partial charge on any atom is 0.128 e. The zero-order valence-corrected chi connectivity index (χ0v) is 9.62. The molecule has 0 heterocycles. The van der Waals surface area contributed by atoms with Crippen LogP contribution in [0.15, 0.2) is 18.2 Å². The van der Waals surface area contributed by atoms with Gasteiger partial charge in [-0.25, -0.2) is 4.39 Å². The minimum Gasteiger partial charge on any atom is -0.395 e. The lowest BCUT2D eigenvalue weighted by Crippen LogP contribution is -2.26. The predicted molar refractivity (Wildman–Crippen MR) is 62.3 cm³/mol. The third-order valence-electron chi connectivity index (χ3n) is 2.61. The summed E-state index contributed by atoms with van der Waals surface area (Å²) in [6, 6.07) is 5.07. The molecule has 0 aliphatic carbocycles. The molecule has 0 bridgehead atoms. The minimum absolute atomic E-state index is 0.0936. The Morgan fingerprint density at radius 3 is 2.69 bits per heavy atom. The Kier molecular flexibility index (Phi) is 5.38. The van der Waals surface area contributed by atoms with E-state index in [1.165, 1.54) is 6.07 Å². The second-order valence-corrected chi connectivity index (χ2v) is 3.72. The fraction of sp³-hybridized carbons (Fsp3) is 0.500. The molecular formula is C12H19FN2O. The molecule has 0 aliphatic heterocycles. The van der Waals surface area contributed by atoms with Gasteiger partial charge in [-0.3, -0.25) is 4.90 Å². The summed E-state index contributed by atoms with van der Waals surface area (Å²) in [5, 5.41) is 8.85. The van der Waals surface area contributed by atoms with Gasteiger partial charge >= 0.3 is 0 Å². The molecule has 0 aromatic heterocycles. The molecular weight excluding hydrogens is 207 g/mol. The van der Waals surface area contributed by atoms with Gasteiger partial charge in [-0.15, -0.1) is 0 Å². The van der Waals surface area contributed by atoms with E-state index in [9.17, 15) is 4.39 Å². The van der Waals surface area contributed by atoms with Gasteiger partial charge < -0.3 is 10.8 Å². The van der Waals surface area contributed by atoms with E-state index in [1.54, 1.807) is 6.07 Å². The Labute approximate surface area is 95.7 Å². The number of nitrogens with zero attached hydrogens (tertiary/aromatic N) is 1. The molecule has 90 valence electrons. The number of aliphatic hydroxyl groups excluding tert-OH is 1. The third-order valence-corrected chi connectivity index (χ3v) is 2.61. The highest BCUT2D eigenvalue weighted by Gasteiger charge is 2.07. The zero-order chi connectivity index (χ0) is 12.0. The van der Waals surface area contributed by atoms with Crippen LogP contribution in [0.4, 0.5) is 4.39 Å². The second-order valence-electron chi connectivity index (χ2n) is 3.72. The topological polar surface area (TPSA) is 49.5 Å². The van der Waals surface area contributed by atoms with Crippen LogP contribution in [0.25, 0.3) is 0 Å². The number of halogens is 1. The van der Waals surface area contributed by atoms with Crippen LogP contribution in [-0.4, -0.2) is 29.7 Å². The van der Waals surface area contributed by atoms with Crippen LogP contribution < -0.4 is 5.73 Å². The summed E-state index contributed by atoms with van der Waals surface area (Å²) in [5.41, 5.74) is 6.88. The van der Waals surface area contributed by atoms with Crippen molar-refractivity contribution in [3.05, 3.63) is 35.1 Å². The predicted octanol–water partition coefficient (Wildman–Crippen LogP) is 1.10. The Bertz CT molecular complexity index is 331. The van der Waals surface area contributed by atoms with E-state index in [1.807, 2.05) is 17.9 Å². The molecule has 0 aliphatic rings. The summed E-state index contributed by atoms with van der Waals surface area (Å²) in [6.07, 6.45) is 0. The summed E-state index contributed by atoms with van der Waals surface area (Å²) in [6.45, 7) is 4.31. The van der Waals surface area contributed by atoms with Gasteiger partial charge in [0.1, 0.15) is 5.82 Å². The highest BCUT2D eigenvalue weighted by Crippen LogP contribution is 2.12. The van der Waals surface area contributed by atoms with E-state index in [0.717, 1.165) is 12.1 Å². The highest BCUT2D eigenvalue weighted by molar-refractivity contribution is 5.24. The van der Waals surface area contributed by atoms with Gasteiger partial charge in [0.15, 0.2) is 0 Å². The Balaban J connectivity index is 2.72. The highest BCUT2D eigenvalue weighted by atomic mass is 19.1. The van der Waals surface area contributed by atoms with E-state index < -0.39 is 0 Å². The van der Waals surface area contributed by atoms with Crippen molar-refractivity contribution in [2.45, 2.75) is 20.0 Å². The lowest BCUT2D eigenvalue weighted by molar-refractivity contribution is 0.195. The SMILES string of the molecule is CCN(CCO)Cc1ccc(CN)cc1F. The Hall–Kier alpha value is -0.970. The third kappa shape index (κ3) is 3.56. The van der Waals surface area contributed by atoms with Gasteiger partial charge in [-0.2, -0.15) is 0 Å². The molecule has 16 heavy (non-hydrogen) atoms. The minimum atomic E-state index is -0.223. The first kappa shape index (κ1) is 13.1. The molecule has 3 N–H and O–H groups in total. The average Bonchev–Trinajstić information content (AvgIpc) is 2.30. The number of hydrogen-bond acceptors (Lipinski definition) is 3. The van der Waals surface area contributed by atoms with Crippen molar-refractivity contribution in [2.75, 3.05) is 19.7 Å². The molecule has 1 aromatic rings. The van der Waals surface area contributed by atoms with E-state index in [2.05, 4.69) is 0 Å². The summed E-state index contributed by atoms with van der Waals surface area (Å²) >= 11 is 0. The maximum atomic E-state index is 13.6. The summed E-state index contributed by atoms with van der Waals surface area (Å²) in [5.74, 6) is -0.223. The van der Waals surface area contributed by atoms with Crippen molar-refractivity contribution < 1.29 is 9.50 Å². The van der Waals surface area contributed by atoms with E-state index in [-0.39, 0.29) is 12.4 Å². The van der Waals surface area contributed by atoms with E-state index in [0.29, 0.717) is 25.2 Å². The van der Waals surface area contributed by atoms with Crippen LogP contribution in [0.5, 0.6) is 0 Å². The molecule has 0 spiro atoms. The van der Waals surface area contributed by atoms with Crippen molar-refractivity contribution in [1.29, 1.82) is 0 Å². The molecule has 0 unspecified atom stereocenters. The molecule has 0 atom stereocenters. The van der Waals surface area contributed by atoms with Crippen LogP contribution in [0.2, 0.25) is 0 Å². The van der Waals surface area contributed by atoms with Gasteiger partial charge in [-0.05, 0) is 18.2 Å². The van der Waals surface area contributed by atoms with Crippen LogP contribution >= 0.6 is 0 Å². The number of rotatable bonds is 6. The van der Waals surface area contributed by atoms with Crippen LogP contribution in [0.3, 0.4) is 0 Å². The summed E-state index contributed by atoms with van der Waals surface area (Å²) in [4.78, 5) is 1.99. The van der Waals surface area contributed by atoms with Crippen LogP contribution in [0, 0.1) is 5.82 Å². The van der Waals surface area contributed by atoms with Gasteiger partial charge in [0.2, 0.25) is 0 Å². The molecule has 0 radical (unpaired) electrons. The molecule has 1 rings (SSSR count). The van der Waals surface area contributed by atoms with Crippen molar-refractivity contribution in [3.8, 4) is 0 Å². The lowest BCUT2D eigenvalue weighted by Gasteiger charge is -2.19. The molecule has 4 heteroatoms. The largest absolute Gasteiger partial charge is 0.395 e. The smallest absolute Gasteiger partial charge is 0.128 e. The number of benzene rings is 1. The number of hydrogen-bond donors (Lipinski definition) is 2. The van der Waals surface area contributed by atoms with Gasteiger partial charge in [0, 0.05) is 25.2 Å². The second kappa shape index (κ2) is 6.58. The Morgan fingerprint density at radius 2 is 2.19 bits per heavy atom. The first-order valence-electron chi connectivity index (χ1n) is 5.51. The first-order valence-corrected chi connectivity index (χ1v) is 5.51. The quantitative estimate of drug-likeness (QED) is 0.763. The Morgan fingerprint density at radius 1 is 1.44 bits per heavy atom. The molecule has 0 fully saturated rings. The van der Waals surface area contributed by atoms with Gasteiger partial charge in [0.25, 0.3) is 0 Å². The van der Waals surface area contributed by atoms with Crippen LogP contribution in [0.1, 0.15) is 18.1 Å². The maximum absolute atomic E-state index is 13.6. The van der Waals surface area contributed by atoms with E-state index in [4.69, 9.17) is 10.8 Å². The average molecular weight is 226 g/mol. The van der Waals surface area contributed by atoms with Crippen molar-refractivity contribution in [1.82, 2.24) is 4.90 Å². The molecule has 0 amide bonds. The fourth-order valence-electron chi connectivity index (χ4n) is 1.58. The standard InChI is InChI=1S/C12H19FN2O/c1-2-15(5-6-16)9-11-4-3-10(8-14)7-12(11)13/h3-4,7,16H,2,5-6,8-9,14H2,1H3. The summed E-state index contributed by atoms with van der Waals surface area (Å²) < 4.78 is 13.6. The van der Waals surface area contributed by atoms with E-state index >= 15 is 0 Å². The molecule has 0 saturated heterocycles. The van der Waals surface area contributed by atoms with Crippen molar-refractivity contribution in [2.24, 2.45) is 5.73 Å². The monoisotopic (exact) mass is 226 g/mol. The fourth-order valence-corrected chi connectivity index (χ4v) is 1.58. The first-order chi connectivity index (χ1) is 7.71. The number of aliphatic hydroxyl groups is 1. The van der Waals surface area contributed by atoms with Gasteiger partial charge in [-0.1, -0.05) is 19.1 Å². The number of nitrogens with two attached hydrogens (primary N) is 1. The lowest BCUT2D eigenvalue weighted by atomic mass is 10.1. The zero-order valence-electron chi connectivity index (χ0n) is 9.62. The molecule has 1 aromatic carbocycles. The van der Waals surface area contributed by atoms with Crippen LogP contribution in [-0.2, 0) is 13.1 Å². The van der Waals surface area contributed by atoms with Crippen molar-refractivity contribution in [3.63, 3.8) is 0 Å².